The van der Waals surface area contributed by atoms with Crippen molar-refractivity contribution in [2.75, 3.05) is 5.32 Å². The van der Waals surface area contributed by atoms with Gasteiger partial charge in [-0.05, 0) is 30.7 Å². The molecule has 0 spiro atoms. The summed E-state index contributed by atoms with van der Waals surface area (Å²) in [5.74, 6) is 0.00526. The molecule has 0 aliphatic rings. The Morgan fingerprint density at radius 2 is 2.00 bits per heavy atom. The van der Waals surface area contributed by atoms with E-state index in [-0.39, 0.29) is 17.0 Å². The number of nitro benzene ring substituents is 1. The van der Waals surface area contributed by atoms with Crippen LogP contribution in [0.2, 0.25) is 5.02 Å². The van der Waals surface area contributed by atoms with E-state index in [2.05, 4.69) is 5.32 Å². The first kappa shape index (κ1) is 19.9. The Labute approximate surface area is 171 Å². The highest BCUT2D eigenvalue weighted by atomic mass is 35.5. The van der Waals surface area contributed by atoms with Gasteiger partial charge in [0.1, 0.15) is 23.2 Å². The van der Waals surface area contributed by atoms with Gasteiger partial charge in [-0.15, -0.1) is 0 Å². The maximum Gasteiger partial charge on any atom is 0.270 e. The van der Waals surface area contributed by atoms with Gasteiger partial charge in [0.05, 0.1) is 15.6 Å². The molecule has 0 bridgehead atoms. The molecule has 0 fully saturated rings. The number of nitrogens with one attached hydrogen (secondary N) is 1. The number of carbonyl (C=O) groups excluding carboxylic acids is 1. The van der Waals surface area contributed by atoms with Gasteiger partial charge in [-0.1, -0.05) is 35.9 Å². The van der Waals surface area contributed by atoms with Gasteiger partial charge in [0, 0.05) is 23.8 Å². The second kappa shape index (κ2) is 8.42. The van der Waals surface area contributed by atoms with Gasteiger partial charge in [0.2, 0.25) is 0 Å². The van der Waals surface area contributed by atoms with Crippen molar-refractivity contribution in [3.8, 4) is 17.4 Å². The van der Waals surface area contributed by atoms with Crippen molar-refractivity contribution < 1.29 is 14.1 Å². The first-order chi connectivity index (χ1) is 13.9. The summed E-state index contributed by atoms with van der Waals surface area (Å²) in [4.78, 5) is 22.9. The zero-order valence-corrected chi connectivity index (χ0v) is 15.9. The number of carbonyl (C=O) groups is 1. The first-order valence-electron chi connectivity index (χ1n) is 8.42. The van der Waals surface area contributed by atoms with Crippen LogP contribution in [-0.4, -0.2) is 10.8 Å². The third-order valence-corrected chi connectivity index (χ3v) is 4.40. The normalized spacial score (nSPS) is 11.0. The molecule has 0 saturated carbocycles. The van der Waals surface area contributed by atoms with E-state index in [0.29, 0.717) is 22.0 Å². The lowest BCUT2D eigenvalue weighted by Crippen LogP contribution is -2.14. The highest BCUT2D eigenvalue weighted by molar-refractivity contribution is 6.34. The molecule has 144 valence electrons. The Morgan fingerprint density at radius 3 is 2.69 bits per heavy atom. The number of hydrogen-bond donors (Lipinski definition) is 1. The van der Waals surface area contributed by atoms with Gasteiger partial charge in [-0.2, -0.15) is 5.26 Å². The van der Waals surface area contributed by atoms with Crippen LogP contribution in [-0.2, 0) is 4.79 Å². The summed E-state index contributed by atoms with van der Waals surface area (Å²) in [7, 11) is 0. The molecule has 1 N–H and O–H groups in total. The van der Waals surface area contributed by atoms with Crippen molar-refractivity contribution in [3.63, 3.8) is 0 Å². The molecule has 0 atom stereocenters. The maximum absolute atomic E-state index is 12.5. The zero-order chi connectivity index (χ0) is 21.0. The highest BCUT2D eigenvalue weighted by Gasteiger charge is 2.15. The molecule has 8 heteroatoms. The molecule has 0 aliphatic carbocycles. The number of para-hydroxylation sites is 1. The van der Waals surface area contributed by atoms with Gasteiger partial charge in [-0.25, -0.2) is 0 Å². The van der Waals surface area contributed by atoms with E-state index >= 15 is 0 Å². The number of amides is 1. The number of furan rings is 1. The van der Waals surface area contributed by atoms with Gasteiger partial charge >= 0.3 is 0 Å². The summed E-state index contributed by atoms with van der Waals surface area (Å²) in [6.45, 7) is 1.79. The number of aryl methyl sites for hydroxylation is 1. The molecule has 2 aromatic carbocycles. The fraction of sp³-hybridized carbons (Fsp3) is 0.0476. The van der Waals surface area contributed by atoms with Gasteiger partial charge in [0.15, 0.2) is 0 Å². The summed E-state index contributed by atoms with van der Waals surface area (Å²) < 4.78 is 5.63. The van der Waals surface area contributed by atoms with Crippen LogP contribution < -0.4 is 5.32 Å². The smallest absolute Gasteiger partial charge is 0.270 e. The van der Waals surface area contributed by atoms with Crippen LogP contribution in [0.4, 0.5) is 11.4 Å². The molecule has 29 heavy (non-hydrogen) atoms. The number of halogens is 1. The minimum Gasteiger partial charge on any atom is -0.457 e. The number of nitrogens with zero attached hydrogens (tertiary/aromatic N) is 2. The summed E-state index contributed by atoms with van der Waals surface area (Å²) in [6.07, 6.45) is 1.29. The Hall–Kier alpha value is -3.89. The maximum atomic E-state index is 12.5. The zero-order valence-electron chi connectivity index (χ0n) is 15.2. The third-order valence-electron chi connectivity index (χ3n) is 4.08. The van der Waals surface area contributed by atoms with Gasteiger partial charge < -0.3 is 9.73 Å². The lowest BCUT2D eigenvalue weighted by atomic mass is 10.1. The van der Waals surface area contributed by atoms with Crippen LogP contribution in [0.5, 0.6) is 0 Å². The van der Waals surface area contributed by atoms with Crippen molar-refractivity contribution in [2.24, 2.45) is 0 Å². The minimum absolute atomic E-state index is 0.0665. The number of anilines is 1. The second-order valence-corrected chi connectivity index (χ2v) is 6.47. The van der Waals surface area contributed by atoms with Crippen molar-refractivity contribution in [1.82, 2.24) is 0 Å². The van der Waals surface area contributed by atoms with Gasteiger partial charge in [-0.3, -0.25) is 14.9 Å². The summed E-state index contributed by atoms with van der Waals surface area (Å²) in [5.41, 5.74) is 1.45. The number of rotatable bonds is 5. The quantitative estimate of drug-likeness (QED) is 0.265. The molecule has 0 radical (unpaired) electrons. The van der Waals surface area contributed by atoms with Crippen LogP contribution in [0.1, 0.15) is 11.3 Å². The van der Waals surface area contributed by atoms with Crippen molar-refractivity contribution in [1.29, 1.82) is 5.26 Å². The van der Waals surface area contributed by atoms with E-state index in [0.717, 1.165) is 5.56 Å². The molecule has 7 nitrogen and oxygen atoms in total. The first-order valence-corrected chi connectivity index (χ1v) is 8.80. The lowest BCUT2D eigenvalue weighted by molar-refractivity contribution is -0.384. The molecular weight excluding hydrogens is 394 g/mol. The predicted octanol–water partition coefficient (Wildman–Crippen LogP) is 5.36. The molecule has 0 unspecified atom stereocenters. The van der Waals surface area contributed by atoms with E-state index in [4.69, 9.17) is 16.0 Å². The Kier molecular flexibility index (Phi) is 5.77. The average molecular weight is 408 g/mol. The van der Waals surface area contributed by atoms with E-state index in [1.807, 2.05) is 6.07 Å². The molecule has 3 rings (SSSR count). The van der Waals surface area contributed by atoms with Crippen molar-refractivity contribution in [2.45, 2.75) is 6.92 Å². The predicted molar refractivity (Wildman–Crippen MR) is 109 cm³/mol. The fourth-order valence-electron chi connectivity index (χ4n) is 2.62. The monoisotopic (exact) mass is 407 g/mol. The summed E-state index contributed by atoms with van der Waals surface area (Å²) in [5, 5.41) is 23.3. The van der Waals surface area contributed by atoms with Crippen LogP contribution in [0.3, 0.4) is 0 Å². The average Bonchev–Trinajstić information content (AvgIpc) is 3.17. The molecule has 1 heterocycles. The topological polar surface area (TPSA) is 109 Å². The van der Waals surface area contributed by atoms with Crippen LogP contribution in [0.15, 0.2) is 64.6 Å². The highest BCUT2D eigenvalue weighted by Crippen LogP contribution is 2.28. The van der Waals surface area contributed by atoms with Crippen molar-refractivity contribution in [3.05, 3.63) is 86.6 Å². The molecule has 1 amide bonds. The van der Waals surface area contributed by atoms with E-state index in [9.17, 15) is 20.2 Å². The molecule has 3 aromatic rings. The molecule has 0 saturated heterocycles. The molecule has 0 aliphatic heterocycles. The van der Waals surface area contributed by atoms with Gasteiger partial charge in [0.25, 0.3) is 11.6 Å². The fourth-order valence-corrected chi connectivity index (χ4v) is 2.89. The number of non-ortho nitro benzene ring substituents is 1. The van der Waals surface area contributed by atoms with Crippen LogP contribution in [0, 0.1) is 28.4 Å². The summed E-state index contributed by atoms with van der Waals surface area (Å²) >= 11 is 6.10. The molecular formula is C21H14ClN3O4. The molecule has 1 aromatic heterocycles. The van der Waals surface area contributed by atoms with Crippen LogP contribution >= 0.6 is 11.6 Å². The third kappa shape index (κ3) is 4.51. The number of nitro groups is 1. The van der Waals surface area contributed by atoms with Crippen LogP contribution in [0.25, 0.3) is 17.4 Å². The second-order valence-electron chi connectivity index (χ2n) is 6.07. The van der Waals surface area contributed by atoms with E-state index in [1.54, 1.807) is 49.4 Å². The number of benzene rings is 2. The summed E-state index contributed by atoms with van der Waals surface area (Å²) in [6, 6.07) is 16.2. The van der Waals surface area contributed by atoms with E-state index in [1.165, 1.54) is 18.2 Å². The SMILES string of the molecule is Cc1cccc(Cl)c1NC(=O)C(C#N)=Cc1ccc(-c2cccc([N+](=O)[O-])c2)o1. The van der Waals surface area contributed by atoms with E-state index < -0.39 is 10.8 Å². The Balaban J connectivity index is 1.85. The number of hydrogen-bond acceptors (Lipinski definition) is 5. The number of nitriles is 1. The Morgan fingerprint density at radius 1 is 1.24 bits per heavy atom. The minimum atomic E-state index is -0.628. The van der Waals surface area contributed by atoms with Crippen molar-refractivity contribution >= 4 is 35.0 Å². The largest absolute Gasteiger partial charge is 0.457 e. The lowest BCUT2D eigenvalue weighted by Gasteiger charge is -2.09. The standard InChI is InChI=1S/C21H14ClN3O4/c1-13-4-2-7-18(22)20(13)24-21(26)15(12-23)11-17-8-9-19(29-17)14-5-3-6-16(10-14)25(27)28/h2-11H,1H3,(H,24,26). The Bertz CT molecular complexity index is 1150.